The monoisotopic (exact) mass is 159 g/mol. The van der Waals surface area contributed by atoms with Crippen molar-refractivity contribution in [2.75, 3.05) is 13.7 Å². The molecule has 1 unspecified atom stereocenters. The summed E-state index contributed by atoms with van der Waals surface area (Å²) in [4.78, 5) is 22.4. The minimum absolute atomic E-state index is 0.343. The zero-order chi connectivity index (χ0) is 8.85. The Balaban J connectivity index is 3.90. The van der Waals surface area contributed by atoms with E-state index in [9.17, 15) is 9.59 Å². The van der Waals surface area contributed by atoms with Crippen molar-refractivity contribution in [3.05, 3.63) is 0 Å². The van der Waals surface area contributed by atoms with Gasteiger partial charge in [-0.3, -0.25) is 4.79 Å². The zero-order valence-corrected chi connectivity index (χ0v) is 7.03. The first-order valence-corrected chi connectivity index (χ1v) is 3.47. The van der Waals surface area contributed by atoms with Gasteiger partial charge in [0.25, 0.3) is 0 Å². The molecule has 0 heterocycles. The van der Waals surface area contributed by atoms with Crippen LogP contribution in [0.4, 0.5) is 0 Å². The highest BCUT2D eigenvalue weighted by Crippen LogP contribution is 1.94. The predicted molar refractivity (Wildman–Crippen MR) is 39.9 cm³/mol. The van der Waals surface area contributed by atoms with E-state index in [-0.39, 0.29) is 5.97 Å². The van der Waals surface area contributed by atoms with E-state index >= 15 is 0 Å². The molecule has 0 aromatic heterocycles. The van der Waals surface area contributed by atoms with Gasteiger partial charge in [-0.25, -0.2) is 4.79 Å². The van der Waals surface area contributed by atoms with Gasteiger partial charge >= 0.3 is 5.97 Å². The Hall–Kier alpha value is -1.06. The Morgan fingerprint density at radius 3 is 2.64 bits per heavy atom. The van der Waals surface area contributed by atoms with Gasteiger partial charge in [-0.1, -0.05) is 0 Å². The molecule has 0 N–H and O–H groups in total. The first-order chi connectivity index (χ1) is 5.13. The molecule has 1 atom stereocenters. The molecule has 11 heavy (non-hydrogen) atoms. The lowest BCUT2D eigenvalue weighted by atomic mass is 10.3. The van der Waals surface area contributed by atoms with Crippen molar-refractivity contribution >= 4 is 12.4 Å². The molecular weight excluding hydrogens is 146 g/mol. The van der Waals surface area contributed by atoms with E-state index in [1.165, 1.54) is 11.9 Å². The van der Waals surface area contributed by atoms with Crippen LogP contribution in [0.2, 0.25) is 0 Å². The summed E-state index contributed by atoms with van der Waals surface area (Å²) in [5.41, 5.74) is 0. The molecule has 0 rings (SSSR count). The van der Waals surface area contributed by atoms with E-state index in [0.29, 0.717) is 13.0 Å². The summed E-state index contributed by atoms with van der Waals surface area (Å²) in [6, 6.07) is -0.493. The fourth-order valence-electron chi connectivity index (χ4n) is 0.520. The zero-order valence-electron chi connectivity index (χ0n) is 7.03. The van der Waals surface area contributed by atoms with Gasteiger partial charge in [-0.05, 0) is 13.8 Å². The highest BCUT2D eigenvalue weighted by Gasteiger charge is 2.16. The van der Waals surface area contributed by atoms with Gasteiger partial charge in [0.1, 0.15) is 6.04 Å². The van der Waals surface area contributed by atoms with E-state index in [0.717, 1.165) is 0 Å². The molecule has 0 saturated carbocycles. The largest absolute Gasteiger partial charge is 0.464 e. The average Bonchev–Trinajstić information content (AvgIpc) is 2.02. The quantitative estimate of drug-likeness (QED) is 0.429. The van der Waals surface area contributed by atoms with Crippen molar-refractivity contribution in [3.63, 3.8) is 0 Å². The highest BCUT2D eigenvalue weighted by molar-refractivity contribution is 5.77. The van der Waals surface area contributed by atoms with Crippen LogP contribution in [0.15, 0.2) is 0 Å². The lowest BCUT2D eigenvalue weighted by Gasteiger charge is -2.17. The van der Waals surface area contributed by atoms with Crippen LogP contribution in [0, 0.1) is 0 Å². The van der Waals surface area contributed by atoms with E-state index in [1.54, 1.807) is 13.8 Å². The number of hydrogen-bond acceptors (Lipinski definition) is 3. The Labute approximate surface area is 66.1 Å². The van der Waals surface area contributed by atoms with Gasteiger partial charge in [0, 0.05) is 7.05 Å². The Bertz CT molecular complexity index is 147. The second-order valence-electron chi connectivity index (χ2n) is 2.20. The van der Waals surface area contributed by atoms with Crippen molar-refractivity contribution in [1.82, 2.24) is 4.90 Å². The minimum Gasteiger partial charge on any atom is -0.464 e. The van der Waals surface area contributed by atoms with Crippen LogP contribution in [0.3, 0.4) is 0 Å². The van der Waals surface area contributed by atoms with Gasteiger partial charge in [-0.2, -0.15) is 0 Å². The van der Waals surface area contributed by atoms with Crippen LogP contribution in [0.1, 0.15) is 13.8 Å². The van der Waals surface area contributed by atoms with Crippen LogP contribution >= 0.6 is 0 Å². The molecular formula is C7H13NO3. The number of carbonyl (C=O) groups is 2. The van der Waals surface area contributed by atoms with E-state index in [4.69, 9.17) is 0 Å². The van der Waals surface area contributed by atoms with Crippen LogP contribution in [0.5, 0.6) is 0 Å². The number of esters is 1. The molecule has 0 aromatic carbocycles. The number of hydrogen-bond donors (Lipinski definition) is 0. The summed E-state index contributed by atoms with van der Waals surface area (Å²) in [5, 5.41) is 0. The number of ether oxygens (including phenoxy) is 1. The van der Waals surface area contributed by atoms with Gasteiger partial charge in [0.2, 0.25) is 6.41 Å². The van der Waals surface area contributed by atoms with Crippen LogP contribution in [0.25, 0.3) is 0 Å². The smallest absolute Gasteiger partial charge is 0.328 e. The predicted octanol–water partition coefficient (Wildman–Crippen LogP) is 0.0262. The highest BCUT2D eigenvalue weighted by atomic mass is 16.5. The van der Waals surface area contributed by atoms with Crippen LogP contribution in [-0.4, -0.2) is 37.0 Å². The summed E-state index contributed by atoms with van der Waals surface area (Å²) in [6.45, 7) is 3.69. The molecule has 0 saturated heterocycles. The number of nitrogens with zero attached hydrogens (tertiary/aromatic N) is 1. The van der Waals surface area contributed by atoms with Crippen molar-refractivity contribution in [2.24, 2.45) is 0 Å². The number of likely N-dealkylation sites (N-methyl/N-ethyl adjacent to an activating group) is 1. The van der Waals surface area contributed by atoms with Gasteiger partial charge < -0.3 is 9.64 Å². The maximum Gasteiger partial charge on any atom is 0.328 e. The fraction of sp³-hybridized carbons (Fsp3) is 0.714. The first-order valence-electron chi connectivity index (χ1n) is 3.47. The maximum absolute atomic E-state index is 10.9. The minimum atomic E-state index is -0.493. The third kappa shape index (κ3) is 3.02. The lowest BCUT2D eigenvalue weighted by Crippen LogP contribution is -2.36. The third-order valence-corrected chi connectivity index (χ3v) is 1.40. The Kier molecular flexibility index (Phi) is 4.26. The summed E-state index contributed by atoms with van der Waals surface area (Å²) in [7, 11) is 1.54. The average molecular weight is 159 g/mol. The van der Waals surface area contributed by atoms with Gasteiger partial charge in [0.05, 0.1) is 6.61 Å². The van der Waals surface area contributed by atoms with E-state index in [2.05, 4.69) is 4.74 Å². The summed E-state index contributed by atoms with van der Waals surface area (Å²) in [6.07, 6.45) is 0.599. The molecule has 0 aliphatic rings. The number of carbonyl (C=O) groups excluding carboxylic acids is 2. The third-order valence-electron chi connectivity index (χ3n) is 1.40. The molecule has 0 aromatic rings. The first kappa shape index (κ1) is 9.94. The van der Waals surface area contributed by atoms with Crippen LogP contribution < -0.4 is 0 Å². The van der Waals surface area contributed by atoms with Crippen molar-refractivity contribution in [2.45, 2.75) is 19.9 Å². The van der Waals surface area contributed by atoms with E-state index in [1.807, 2.05) is 0 Å². The van der Waals surface area contributed by atoms with Crippen LogP contribution in [-0.2, 0) is 14.3 Å². The molecule has 0 aliphatic heterocycles. The molecule has 4 nitrogen and oxygen atoms in total. The fourth-order valence-corrected chi connectivity index (χ4v) is 0.520. The molecule has 1 amide bonds. The molecule has 0 fully saturated rings. The van der Waals surface area contributed by atoms with E-state index < -0.39 is 6.04 Å². The standard InChI is InChI=1S/C7H13NO3/c1-4-11-7(10)6(2)8(3)5-9/h5-6H,4H2,1-3H3. The van der Waals surface area contributed by atoms with Crippen molar-refractivity contribution in [1.29, 1.82) is 0 Å². The number of amides is 1. The van der Waals surface area contributed by atoms with Crippen molar-refractivity contribution in [3.8, 4) is 0 Å². The molecule has 0 bridgehead atoms. The normalized spacial score (nSPS) is 11.9. The summed E-state index contributed by atoms with van der Waals surface area (Å²) in [5.74, 6) is -0.373. The van der Waals surface area contributed by atoms with Gasteiger partial charge in [-0.15, -0.1) is 0 Å². The summed E-state index contributed by atoms with van der Waals surface area (Å²) >= 11 is 0. The van der Waals surface area contributed by atoms with Gasteiger partial charge in [0.15, 0.2) is 0 Å². The summed E-state index contributed by atoms with van der Waals surface area (Å²) < 4.78 is 4.69. The molecule has 0 spiro atoms. The topological polar surface area (TPSA) is 46.6 Å². The molecule has 64 valence electrons. The molecule has 0 aliphatic carbocycles. The lowest BCUT2D eigenvalue weighted by molar-refractivity contribution is -0.150. The number of rotatable bonds is 4. The molecule has 4 heteroatoms. The second kappa shape index (κ2) is 4.71. The Morgan fingerprint density at radius 1 is 1.73 bits per heavy atom. The maximum atomic E-state index is 10.9. The SMILES string of the molecule is CCOC(=O)C(C)N(C)C=O. The molecule has 0 radical (unpaired) electrons. The Morgan fingerprint density at radius 2 is 2.27 bits per heavy atom. The van der Waals surface area contributed by atoms with Crippen molar-refractivity contribution < 1.29 is 14.3 Å². The second-order valence-corrected chi connectivity index (χ2v) is 2.20.